The number of rotatable bonds is 3. The van der Waals surface area contributed by atoms with Gasteiger partial charge >= 0.3 is 6.03 Å². The number of methoxy groups -OCH3 is 1. The minimum Gasteiger partial charge on any atom is -0.497 e. The first-order valence-electron chi connectivity index (χ1n) is 9.12. The lowest BCUT2D eigenvalue weighted by atomic mass is 9.87. The van der Waals surface area contributed by atoms with Gasteiger partial charge in [-0.05, 0) is 37.6 Å². The topological polar surface area (TPSA) is 77.2 Å². The normalized spacial score (nSPS) is 22.9. The Hall–Kier alpha value is -3.35. The van der Waals surface area contributed by atoms with Crippen molar-refractivity contribution in [2.45, 2.75) is 25.8 Å². The Morgan fingerprint density at radius 3 is 2.89 bits per heavy atom. The van der Waals surface area contributed by atoms with E-state index in [9.17, 15) is 4.79 Å². The number of aliphatic imine (C=N–C) groups is 1. The second kappa shape index (κ2) is 6.09. The van der Waals surface area contributed by atoms with Gasteiger partial charge in [-0.15, -0.1) is 0 Å². The number of aromatic nitrogens is 1. The molecular formula is C21H19N3O4. The van der Waals surface area contributed by atoms with E-state index < -0.39 is 0 Å². The van der Waals surface area contributed by atoms with Crippen molar-refractivity contribution in [3.05, 3.63) is 70.5 Å². The highest BCUT2D eigenvalue weighted by atomic mass is 16.5. The number of benzene rings is 1. The van der Waals surface area contributed by atoms with Gasteiger partial charge in [0.2, 0.25) is 0 Å². The van der Waals surface area contributed by atoms with Crippen LogP contribution in [-0.2, 0) is 4.74 Å². The number of nitrogens with zero attached hydrogens (tertiary/aromatic N) is 3. The van der Waals surface area contributed by atoms with Crippen molar-refractivity contribution in [2.75, 3.05) is 13.7 Å². The second-order valence-corrected chi connectivity index (χ2v) is 7.04. The van der Waals surface area contributed by atoms with E-state index in [1.54, 1.807) is 12.0 Å². The molecule has 2 amide bonds. The maximum Gasteiger partial charge on any atom is 0.349 e. The smallest absolute Gasteiger partial charge is 0.349 e. The number of carbonyl (C=O) groups excluding carboxylic acids is 1. The highest BCUT2D eigenvalue weighted by Gasteiger charge is 2.45. The predicted octanol–water partition coefficient (Wildman–Crippen LogP) is 3.81. The highest BCUT2D eigenvalue weighted by Crippen LogP contribution is 2.45. The Labute approximate surface area is 161 Å². The summed E-state index contributed by atoms with van der Waals surface area (Å²) in [6.45, 7) is 4.14. The first-order chi connectivity index (χ1) is 13.6. The van der Waals surface area contributed by atoms with Gasteiger partial charge in [-0.1, -0.05) is 23.4 Å². The molecule has 0 radical (unpaired) electrons. The molecule has 3 aliphatic rings. The zero-order valence-corrected chi connectivity index (χ0v) is 15.8. The van der Waals surface area contributed by atoms with Crippen LogP contribution in [0.1, 0.15) is 34.5 Å². The predicted molar refractivity (Wildman–Crippen MR) is 101 cm³/mol. The highest BCUT2D eigenvalue weighted by molar-refractivity contribution is 6.19. The number of allylic oxidation sites excluding steroid dienone is 2. The lowest BCUT2D eigenvalue weighted by molar-refractivity contribution is 0.0940. The van der Waals surface area contributed by atoms with E-state index in [0.717, 1.165) is 39.8 Å². The van der Waals surface area contributed by atoms with Gasteiger partial charge in [-0.25, -0.2) is 4.79 Å². The van der Waals surface area contributed by atoms with Crippen LogP contribution >= 0.6 is 0 Å². The average molecular weight is 377 g/mol. The molecule has 2 atom stereocenters. The van der Waals surface area contributed by atoms with Gasteiger partial charge in [-0.3, -0.25) is 4.90 Å². The third-order valence-electron chi connectivity index (χ3n) is 5.45. The molecule has 0 bridgehead atoms. The van der Waals surface area contributed by atoms with Crippen molar-refractivity contribution in [3.8, 4) is 5.75 Å². The van der Waals surface area contributed by atoms with Crippen LogP contribution in [0.4, 0.5) is 4.79 Å². The molecular weight excluding hydrogens is 358 g/mol. The van der Waals surface area contributed by atoms with Gasteiger partial charge in [0, 0.05) is 5.56 Å². The number of hydrogen-bond acceptors (Lipinski definition) is 5. The van der Waals surface area contributed by atoms with E-state index in [1.807, 2.05) is 50.3 Å². The van der Waals surface area contributed by atoms with Crippen LogP contribution in [0.3, 0.4) is 0 Å². The van der Waals surface area contributed by atoms with E-state index in [4.69, 9.17) is 14.0 Å². The van der Waals surface area contributed by atoms with Crippen molar-refractivity contribution < 1.29 is 18.8 Å². The third kappa shape index (κ3) is 2.32. The van der Waals surface area contributed by atoms with E-state index in [-0.39, 0.29) is 18.0 Å². The van der Waals surface area contributed by atoms with Gasteiger partial charge in [-0.2, -0.15) is 4.99 Å². The molecule has 0 saturated heterocycles. The average Bonchev–Trinajstić information content (AvgIpc) is 3.23. The summed E-state index contributed by atoms with van der Waals surface area (Å²) in [5.41, 5.74) is 4.10. The minimum atomic E-state index is -0.275. The molecule has 2 aromatic rings. The molecule has 0 fully saturated rings. The summed E-state index contributed by atoms with van der Waals surface area (Å²) in [6, 6.07) is 7.14. The summed E-state index contributed by atoms with van der Waals surface area (Å²) < 4.78 is 16.9. The molecule has 7 nitrogen and oxygen atoms in total. The van der Waals surface area contributed by atoms with Crippen LogP contribution in [0.5, 0.6) is 5.75 Å². The zero-order valence-electron chi connectivity index (χ0n) is 15.8. The van der Waals surface area contributed by atoms with E-state index >= 15 is 0 Å². The number of amides is 2. The molecule has 0 saturated carbocycles. The van der Waals surface area contributed by atoms with Crippen LogP contribution in [0, 0.1) is 13.8 Å². The fraction of sp³-hybridized carbons (Fsp3) is 0.286. The largest absolute Gasteiger partial charge is 0.497 e. The number of aryl methyl sites for hydroxylation is 2. The molecule has 7 heteroatoms. The first-order valence-corrected chi connectivity index (χ1v) is 9.12. The Balaban J connectivity index is 1.61. The molecule has 2 aliphatic heterocycles. The van der Waals surface area contributed by atoms with Crippen molar-refractivity contribution in [2.24, 2.45) is 4.99 Å². The summed E-state index contributed by atoms with van der Waals surface area (Å²) >= 11 is 0. The maximum absolute atomic E-state index is 12.8. The molecule has 1 aromatic carbocycles. The van der Waals surface area contributed by atoms with E-state index in [0.29, 0.717) is 12.3 Å². The first kappa shape index (κ1) is 16.8. The van der Waals surface area contributed by atoms with E-state index in [1.165, 1.54) is 0 Å². The molecule has 2 unspecified atom stereocenters. The summed E-state index contributed by atoms with van der Waals surface area (Å²) in [5.74, 6) is 2.05. The summed E-state index contributed by atoms with van der Waals surface area (Å²) in [4.78, 5) is 18.7. The lowest BCUT2D eigenvalue weighted by Crippen LogP contribution is -2.39. The van der Waals surface area contributed by atoms with E-state index in [2.05, 4.69) is 10.1 Å². The Bertz CT molecular complexity index is 1060. The van der Waals surface area contributed by atoms with Crippen molar-refractivity contribution >= 4 is 11.7 Å². The fourth-order valence-corrected chi connectivity index (χ4v) is 4.16. The molecule has 1 aliphatic carbocycles. The lowest BCUT2D eigenvalue weighted by Gasteiger charge is -2.37. The molecule has 142 valence electrons. The second-order valence-electron chi connectivity index (χ2n) is 7.04. The number of hydrogen-bond donors (Lipinski definition) is 0. The van der Waals surface area contributed by atoms with Crippen LogP contribution in [0.15, 0.2) is 57.4 Å². The van der Waals surface area contributed by atoms with Crippen molar-refractivity contribution in [3.63, 3.8) is 0 Å². The zero-order chi connectivity index (χ0) is 19.4. The third-order valence-corrected chi connectivity index (χ3v) is 5.45. The summed E-state index contributed by atoms with van der Waals surface area (Å²) in [6.07, 6.45) is 3.87. The number of carbonyl (C=O) groups is 1. The van der Waals surface area contributed by atoms with Crippen molar-refractivity contribution in [1.29, 1.82) is 0 Å². The van der Waals surface area contributed by atoms with Crippen molar-refractivity contribution in [1.82, 2.24) is 10.1 Å². The van der Waals surface area contributed by atoms with Crippen LogP contribution in [-0.4, -0.2) is 35.5 Å². The maximum atomic E-state index is 12.8. The number of ether oxygens (including phenoxy) is 2. The van der Waals surface area contributed by atoms with Gasteiger partial charge in [0.15, 0.2) is 0 Å². The van der Waals surface area contributed by atoms with Gasteiger partial charge in [0.1, 0.15) is 29.6 Å². The number of urea groups is 1. The quantitative estimate of drug-likeness (QED) is 0.813. The SMILES string of the molecule is COc1cccc(C2COC3=C4C(=NC(=O)N42)C=CC3c2c(C)noc2C)c1. The summed E-state index contributed by atoms with van der Waals surface area (Å²) in [7, 11) is 1.62. The molecule has 0 spiro atoms. The van der Waals surface area contributed by atoms with Gasteiger partial charge in [0.25, 0.3) is 0 Å². The van der Waals surface area contributed by atoms with Gasteiger partial charge < -0.3 is 14.0 Å². The monoisotopic (exact) mass is 377 g/mol. The molecule has 3 heterocycles. The Morgan fingerprint density at radius 1 is 1.29 bits per heavy atom. The minimum absolute atomic E-state index is 0.153. The van der Waals surface area contributed by atoms with Crippen LogP contribution in [0.25, 0.3) is 0 Å². The standard InChI is InChI=1S/C21H19N3O4/c1-11-18(12(2)28-23-11)15-7-8-16-19-20(15)27-10-17(24(19)21(25)22-16)13-5-4-6-14(9-13)26-3/h4-9,15,17H,10H2,1-3H3. The fourth-order valence-electron chi connectivity index (χ4n) is 4.16. The molecule has 5 rings (SSSR count). The molecule has 28 heavy (non-hydrogen) atoms. The molecule has 0 N–H and O–H groups in total. The van der Waals surface area contributed by atoms with Crippen LogP contribution < -0.4 is 4.74 Å². The van der Waals surface area contributed by atoms with Gasteiger partial charge in [0.05, 0.1) is 30.5 Å². The summed E-state index contributed by atoms with van der Waals surface area (Å²) in [5, 5.41) is 4.07. The Morgan fingerprint density at radius 2 is 2.14 bits per heavy atom. The molecule has 1 aromatic heterocycles. The van der Waals surface area contributed by atoms with Crippen LogP contribution in [0.2, 0.25) is 0 Å². The Kier molecular flexibility index (Phi) is 3.65.